The fourth-order valence-electron chi connectivity index (χ4n) is 2.37. The van der Waals surface area contributed by atoms with Crippen molar-refractivity contribution in [3.05, 3.63) is 45.4 Å². The number of fused-ring (bicyclic) bond motifs is 1. The quantitative estimate of drug-likeness (QED) is 0.763. The minimum atomic E-state index is 0.995. The minimum absolute atomic E-state index is 0.995. The van der Waals surface area contributed by atoms with Crippen molar-refractivity contribution in [2.45, 2.75) is 43.3 Å². The molecular formula is C15H17NS2. The van der Waals surface area contributed by atoms with Gasteiger partial charge in [0, 0.05) is 16.0 Å². The molecular weight excluding hydrogens is 258 g/mol. The largest absolute Gasteiger partial charge is 0.245 e. The van der Waals surface area contributed by atoms with Gasteiger partial charge in [0.2, 0.25) is 0 Å². The van der Waals surface area contributed by atoms with Crippen LogP contribution < -0.4 is 0 Å². The first kappa shape index (κ1) is 12.2. The molecule has 0 atom stereocenters. The molecule has 0 saturated heterocycles. The molecule has 0 bridgehead atoms. The summed E-state index contributed by atoms with van der Waals surface area (Å²) in [7, 11) is 0. The van der Waals surface area contributed by atoms with Crippen molar-refractivity contribution in [3.8, 4) is 0 Å². The summed E-state index contributed by atoms with van der Waals surface area (Å²) >= 11 is 3.69. The Balaban J connectivity index is 1.66. The van der Waals surface area contributed by atoms with Crippen LogP contribution >= 0.6 is 23.1 Å². The van der Waals surface area contributed by atoms with E-state index in [-0.39, 0.29) is 0 Å². The first-order valence-electron chi connectivity index (χ1n) is 6.53. The highest BCUT2D eigenvalue weighted by Gasteiger charge is 2.11. The SMILES string of the molecule is CCc1nc(CSc2ccc3c(c2)CCC3)cs1. The van der Waals surface area contributed by atoms with E-state index in [0.29, 0.717) is 0 Å². The first-order chi connectivity index (χ1) is 8.85. The molecule has 0 radical (unpaired) electrons. The Morgan fingerprint density at radius 3 is 3.00 bits per heavy atom. The molecule has 0 N–H and O–H groups in total. The average Bonchev–Trinajstić information content (AvgIpc) is 3.04. The van der Waals surface area contributed by atoms with Crippen molar-refractivity contribution >= 4 is 23.1 Å². The van der Waals surface area contributed by atoms with Crippen LogP contribution in [0.15, 0.2) is 28.5 Å². The third-order valence-electron chi connectivity index (χ3n) is 3.36. The number of benzene rings is 1. The van der Waals surface area contributed by atoms with Gasteiger partial charge in [0.05, 0.1) is 10.7 Å². The number of thiazole rings is 1. The third-order valence-corrected chi connectivity index (χ3v) is 5.43. The Labute approximate surface area is 117 Å². The smallest absolute Gasteiger partial charge is 0.0925 e. The molecule has 0 saturated carbocycles. The van der Waals surface area contributed by atoms with E-state index >= 15 is 0 Å². The first-order valence-corrected chi connectivity index (χ1v) is 8.39. The minimum Gasteiger partial charge on any atom is -0.245 e. The van der Waals surface area contributed by atoms with Gasteiger partial charge in [-0.15, -0.1) is 23.1 Å². The molecule has 0 fully saturated rings. The zero-order valence-corrected chi connectivity index (χ0v) is 12.2. The molecule has 1 aliphatic carbocycles. The summed E-state index contributed by atoms with van der Waals surface area (Å²) in [6.45, 7) is 2.16. The van der Waals surface area contributed by atoms with E-state index in [1.807, 2.05) is 11.8 Å². The molecule has 1 aromatic heterocycles. The van der Waals surface area contributed by atoms with Gasteiger partial charge in [0.15, 0.2) is 0 Å². The standard InChI is InChI=1S/C15H17NS2/c1-2-15-16-13(10-18-15)9-17-14-7-6-11-4-3-5-12(11)8-14/h6-8,10H,2-5,9H2,1H3. The topological polar surface area (TPSA) is 12.9 Å². The highest BCUT2D eigenvalue weighted by Crippen LogP contribution is 2.29. The van der Waals surface area contributed by atoms with Crippen molar-refractivity contribution in [1.82, 2.24) is 4.98 Å². The molecule has 1 heterocycles. The number of hydrogen-bond acceptors (Lipinski definition) is 3. The Morgan fingerprint density at radius 1 is 1.28 bits per heavy atom. The molecule has 0 aliphatic heterocycles. The Hall–Kier alpha value is -0.800. The number of aromatic nitrogens is 1. The summed E-state index contributed by atoms with van der Waals surface area (Å²) in [4.78, 5) is 6.00. The normalized spacial score (nSPS) is 13.8. The molecule has 0 unspecified atom stereocenters. The Bertz CT molecular complexity index is 545. The number of hydrogen-bond donors (Lipinski definition) is 0. The van der Waals surface area contributed by atoms with E-state index in [0.717, 1.165) is 12.2 Å². The maximum Gasteiger partial charge on any atom is 0.0925 e. The second-order valence-corrected chi connectivity index (χ2v) is 6.65. The molecule has 0 spiro atoms. The van der Waals surface area contributed by atoms with Gasteiger partial charge in [0.25, 0.3) is 0 Å². The van der Waals surface area contributed by atoms with Crippen LogP contribution in [0.4, 0.5) is 0 Å². The van der Waals surface area contributed by atoms with Crippen LogP contribution in [0.3, 0.4) is 0 Å². The summed E-state index contributed by atoms with van der Waals surface area (Å²) in [5.41, 5.74) is 4.34. The molecule has 1 aromatic carbocycles. The molecule has 18 heavy (non-hydrogen) atoms. The fraction of sp³-hybridized carbons (Fsp3) is 0.400. The van der Waals surface area contributed by atoms with E-state index < -0.39 is 0 Å². The number of nitrogens with zero attached hydrogens (tertiary/aromatic N) is 1. The zero-order valence-electron chi connectivity index (χ0n) is 10.6. The van der Waals surface area contributed by atoms with Crippen LogP contribution in [-0.4, -0.2) is 4.98 Å². The summed E-state index contributed by atoms with van der Waals surface area (Å²) in [6.07, 6.45) is 4.91. The lowest BCUT2D eigenvalue weighted by Crippen LogP contribution is -1.85. The number of aryl methyl sites for hydroxylation is 3. The van der Waals surface area contributed by atoms with E-state index in [4.69, 9.17) is 0 Å². The van der Waals surface area contributed by atoms with Crippen LogP contribution in [0.25, 0.3) is 0 Å². The molecule has 3 rings (SSSR count). The Morgan fingerprint density at radius 2 is 2.17 bits per heavy atom. The van der Waals surface area contributed by atoms with Gasteiger partial charge < -0.3 is 0 Å². The van der Waals surface area contributed by atoms with Crippen molar-refractivity contribution < 1.29 is 0 Å². The van der Waals surface area contributed by atoms with Gasteiger partial charge in [-0.1, -0.05) is 13.0 Å². The van der Waals surface area contributed by atoms with Gasteiger partial charge in [-0.3, -0.25) is 0 Å². The monoisotopic (exact) mass is 275 g/mol. The number of thioether (sulfide) groups is 1. The molecule has 2 aromatic rings. The summed E-state index contributed by atoms with van der Waals surface area (Å²) in [6, 6.07) is 6.95. The maximum absolute atomic E-state index is 4.61. The summed E-state index contributed by atoms with van der Waals surface area (Å²) < 4.78 is 0. The Kier molecular flexibility index (Phi) is 3.71. The van der Waals surface area contributed by atoms with Crippen molar-refractivity contribution in [2.24, 2.45) is 0 Å². The van der Waals surface area contributed by atoms with Crippen molar-refractivity contribution in [2.75, 3.05) is 0 Å². The fourth-order valence-corrected chi connectivity index (χ4v) is 4.08. The van der Waals surface area contributed by atoms with E-state index in [1.54, 1.807) is 22.5 Å². The van der Waals surface area contributed by atoms with E-state index in [2.05, 4.69) is 35.5 Å². The highest BCUT2D eigenvalue weighted by atomic mass is 32.2. The van der Waals surface area contributed by atoms with Crippen molar-refractivity contribution in [3.63, 3.8) is 0 Å². The van der Waals surface area contributed by atoms with Crippen LogP contribution in [0.2, 0.25) is 0 Å². The van der Waals surface area contributed by atoms with Gasteiger partial charge in [-0.05, 0) is 48.9 Å². The summed E-state index contributed by atoms with van der Waals surface area (Å²) in [5, 5.41) is 3.44. The second kappa shape index (κ2) is 5.45. The second-order valence-electron chi connectivity index (χ2n) is 4.66. The van der Waals surface area contributed by atoms with E-state index in [1.165, 1.54) is 34.9 Å². The third kappa shape index (κ3) is 2.62. The molecule has 1 nitrogen and oxygen atoms in total. The molecule has 0 amide bonds. The van der Waals surface area contributed by atoms with Gasteiger partial charge >= 0.3 is 0 Å². The van der Waals surface area contributed by atoms with Gasteiger partial charge in [-0.25, -0.2) is 4.98 Å². The zero-order chi connectivity index (χ0) is 12.4. The lowest BCUT2D eigenvalue weighted by atomic mass is 10.1. The van der Waals surface area contributed by atoms with Crippen LogP contribution in [0, 0.1) is 0 Å². The van der Waals surface area contributed by atoms with Crippen LogP contribution in [0.1, 0.15) is 35.2 Å². The predicted molar refractivity (Wildman–Crippen MR) is 79.5 cm³/mol. The maximum atomic E-state index is 4.61. The van der Waals surface area contributed by atoms with Crippen LogP contribution in [-0.2, 0) is 25.0 Å². The summed E-state index contributed by atoms with van der Waals surface area (Å²) in [5.74, 6) is 0.995. The van der Waals surface area contributed by atoms with Crippen LogP contribution in [0.5, 0.6) is 0 Å². The van der Waals surface area contributed by atoms with Gasteiger partial charge in [0.1, 0.15) is 0 Å². The average molecular weight is 275 g/mol. The lowest BCUT2D eigenvalue weighted by molar-refractivity contribution is 0.911. The molecule has 1 aliphatic rings. The lowest BCUT2D eigenvalue weighted by Gasteiger charge is -2.03. The van der Waals surface area contributed by atoms with Crippen molar-refractivity contribution in [1.29, 1.82) is 0 Å². The molecule has 94 valence electrons. The molecule has 3 heteroatoms. The van der Waals surface area contributed by atoms with Gasteiger partial charge in [-0.2, -0.15) is 0 Å². The predicted octanol–water partition coefficient (Wildman–Crippen LogP) is 4.49. The highest BCUT2D eigenvalue weighted by molar-refractivity contribution is 7.98. The van der Waals surface area contributed by atoms with E-state index in [9.17, 15) is 0 Å². The number of rotatable bonds is 4.